The van der Waals surface area contributed by atoms with Crippen LogP contribution < -0.4 is 0 Å². The van der Waals surface area contributed by atoms with E-state index in [-0.39, 0.29) is 18.0 Å². The summed E-state index contributed by atoms with van der Waals surface area (Å²) in [6.07, 6.45) is 0.322. The third kappa shape index (κ3) is 3.10. The van der Waals surface area contributed by atoms with Gasteiger partial charge in [0.05, 0.1) is 6.61 Å². The van der Waals surface area contributed by atoms with E-state index < -0.39 is 11.6 Å². The van der Waals surface area contributed by atoms with Crippen molar-refractivity contribution >= 4 is 5.91 Å². The van der Waals surface area contributed by atoms with Gasteiger partial charge in [-0.1, -0.05) is 12.1 Å². The summed E-state index contributed by atoms with van der Waals surface area (Å²) in [4.78, 5) is 14.2. The van der Waals surface area contributed by atoms with Gasteiger partial charge < -0.3 is 9.64 Å². The fraction of sp³-hybridized carbons (Fsp3) is 0.278. The van der Waals surface area contributed by atoms with Crippen molar-refractivity contribution in [2.75, 3.05) is 13.7 Å². The molecule has 0 fully saturated rings. The van der Waals surface area contributed by atoms with Crippen molar-refractivity contribution in [1.29, 1.82) is 0 Å². The van der Waals surface area contributed by atoms with Gasteiger partial charge in [-0.05, 0) is 41.8 Å². The van der Waals surface area contributed by atoms with Crippen molar-refractivity contribution in [2.45, 2.75) is 19.6 Å². The minimum atomic E-state index is -0.466. The lowest BCUT2D eigenvalue weighted by atomic mass is 9.97. The number of amides is 1. The SMILES string of the molecule is COCc1cccc(C(=O)N2CCc3c(F)ccc(F)c3C2)c1. The second-order valence-corrected chi connectivity index (χ2v) is 5.60. The van der Waals surface area contributed by atoms with Crippen LogP contribution in [-0.2, 0) is 24.3 Å². The second-order valence-electron chi connectivity index (χ2n) is 5.60. The molecule has 0 unspecified atom stereocenters. The van der Waals surface area contributed by atoms with Gasteiger partial charge in [0, 0.05) is 31.3 Å². The smallest absolute Gasteiger partial charge is 0.254 e. The molecule has 120 valence electrons. The van der Waals surface area contributed by atoms with Gasteiger partial charge in [-0.2, -0.15) is 0 Å². The third-order valence-corrected chi connectivity index (χ3v) is 4.07. The zero-order valence-corrected chi connectivity index (χ0v) is 12.8. The first-order chi connectivity index (χ1) is 11.1. The highest BCUT2D eigenvalue weighted by Gasteiger charge is 2.26. The fourth-order valence-corrected chi connectivity index (χ4v) is 2.91. The van der Waals surface area contributed by atoms with E-state index in [0.717, 1.165) is 17.7 Å². The Labute approximate surface area is 133 Å². The number of carbonyl (C=O) groups is 1. The van der Waals surface area contributed by atoms with E-state index in [4.69, 9.17) is 4.74 Å². The van der Waals surface area contributed by atoms with E-state index in [2.05, 4.69) is 0 Å². The molecule has 1 aliphatic heterocycles. The summed E-state index contributed by atoms with van der Waals surface area (Å²) in [6, 6.07) is 9.41. The van der Waals surface area contributed by atoms with Crippen molar-refractivity contribution in [3.05, 3.63) is 70.3 Å². The number of benzene rings is 2. The van der Waals surface area contributed by atoms with Crippen LogP contribution in [0.15, 0.2) is 36.4 Å². The molecule has 1 amide bonds. The first kappa shape index (κ1) is 15.6. The van der Waals surface area contributed by atoms with Crippen LogP contribution in [0, 0.1) is 11.6 Å². The quantitative estimate of drug-likeness (QED) is 0.869. The third-order valence-electron chi connectivity index (χ3n) is 4.07. The molecule has 0 saturated heterocycles. The molecule has 1 heterocycles. The number of hydrogen-bond acceptors (Lipinski definition) is 2. The Bertz CT molecular complexity index is 746. The molecule has 0 N–H and O–H groups in total. The average Bonchev–Trinajstić information content (AvgIpc) is 2.58. The number of rotatable bonds is 3. The Morgan fingerprint density at radius 1 is 1.17 bits per heavy atom. The van der Waals surface area contributed by atoms with Crippen LogP contribution in [0.5, 0.6) is 0 Å². The molecule has 0 radical (unpaired) electrons. The standard InChI is InChI=1S/C18H17F2NO2/c1-23-11-12-3-2-4-13(9-12)18(22)21-8-7-14-15(10-21)17(20)6-5-16(14)19/h2-6,9H,7-8,10-11H2,1H3. The van der Waals surface area contributed by atoms with E-state index in [9.17, 15) is 13.6 Å². The maximum Gasteiger partial charge on any atom is 0.254 e. The summed E-state index contributed by atoms with van der Waals surface area (Å²) < 4.78 is 32.8. The van der Waals surface area contributed by atoms with Gasteiger partial charge in [0.2, 0.25) is 0 Å². The first-order valence-electron chi connectivity index (χ1n) is 7.43. The molecule has 3 rings (SSSR count). The van der Waals surface area contributed by atoms with Gasteiger partial charge in [-0.15, -0.1) is 0 Å². The van der Waals surface area contributed by atoms with Gasteiger partial charge in [0.25, 0.3) is 5.91 Å². The highest BCUT2D eigenvalue weighted by Crippen LogP contribution is 2.25. The van der Waals surface area contributed by atoms with Gasteiger partial charge in [0.1, 0.15) is 11.6 Å². The van der Waals surface area contributed by atoms with E-state index in [1.165, 1.54) is 0 Å². The molecule has 0 atom stereocenters. The van der Waals surface area contributed by atoms with E-state index >= 15 is 0 Å². The number of fused-ring (bicyclic) bond motifs is 1. The Balaban J connectivity index is 1.84. The molecular formula is C18H17F2NO2. The average molecular weight is 317 g/mol. The molecule has 2 aromatic carbocycles. The van der Waals surface area contributed by atoms with Crippen LogP contribution in [0.25, 0.3) is 0 Å². The minimum absolute atomic E-state index is 0.0895. The largest absolute Gasteiger partial charge is 0.380 e. The molecular weight excluding hydrogens is 300 g/mol. The molecule has 0 aliphatic carbocycles. The zero-order valence-electron chi connectivity index (χ0n) is 12.8. The highest BCUT2D eigenvalue weighted by atomic mass is 19.1. The second kappa shape index (κ2) is 6.46. The monoisotopic (exact) mass is 317 g/mol. The summed E-state index contributed by atoms with van der Waals surface area (Å²) >= 11 is 0. The summed E-state index contributed by atoms with van der Waals surface area (Å²) in [5.41, 5.74) is 2.08. The van der Waals surface area contributed by atoms with Crippen molar-refractivity contribution < 1.29 is 18.3 Å². The Morgan fingerprint density at radius 3 is 2.65 bits per heavy atom. The molecule has 0 aromatic heterocycles. The van der Waals surface area contributed by atoms with Crippen LogP contribution in [0.3, 0.4) is 0 Å². The first-order valence-corrected chi connectivity index (χ1v) is 7.43. The summed E-state index contributed by atoms with van der Waals surface area (Å²) in [7, 11) is 1.59. The van der Waals surface area contributed by atoms with Crippen LogP contribution in [-0.4, -0.2) is 24.5 Å². The van der Waals surface area contributed by atoms with Crippen molar-refractivity contribution in [3.8, 4) is 0 Å². The molecule has 0 spiro atoms. The van der Waals surface area contributed by atoms with Crippen molar-refractivity contribution in [1.82, 2.24) is 4.90 Å². The molecule has 0 saturated carbocycles. The van der Waals surface area contributed by atoms with E-state index in [0.29, 0.717) is 30.7 Å². The van der Waals surface area contributed by atoms with Gasteiger partial charge in [-0.3, -0.25) is 4.79 Å². The van der Waals surface area contributed by atoms with Crippen molar-refractivity contribution in [2.24, 2.45) is 0 Å². The van der Waals surface area contributed by atoms with Crippen LogP contribution in [0.2, 0.25) is 0 Å². The Kier molecular flexibility index (Phi) is 4.39. The van der Waals surface area contributed by atoms with Gasteiger partial charge in [-0.25, -0.2) is 8.78 Å². The molecule has 5 heteroatoms. The van der Waals surface area contributed by atoms with Gasteiger partial charge >= 0.3 is 0 Å². The van der Waals surface area contributed by atoms with E-state index in [1.54, 1.807) is 30.2 Å². The van der Waals surface area contributed by atoms with Crippen LogP contribution in [0.1, 0.15) is 27.0 Å². The number of halogens is 2. The Morgan fingerprint density at radius 2 is 1.91 bits per heavy atom. The molecule has 2 aromatic rings. The molecule has 3 nitrogen and oxygen atoms in total. The summed E-state index contributed by atoms with van der Waals surface area (Å²) in [6.45, 7) is 0.886. The molecule has 1 aliphatic rings. The van der Waals surface area contributed by atoms with Crippen LogP contribution in [0.4, 0.5) is 8.78 Å². The number of nitrogens with zero attached hydrogens (tertiary/aromatic N) is 1. The number of carbonyl (C=O) groups excluding carboxylic acids is 1. The summed E-state index contributed by atoms with van der Waals surface area (Å²) in [5, 5.41) is 0. The number of hydrogen-bond donors (Lipinski definition) is 0. The lowest BCUT2D eigenvalue weighted by molar-refractivity contribution is 0.0731. The highest BCUT2D eigenvalue weighted by molar-refractivity contribution is 5.94. The van der Waals surface area contributed by atoms with Gasteiger partial charge in [0.15, 0.2) is 0 Å². The number of methoxy groups -OCH3 is 1. The maximum atomic E-state index is 13.9. The molecule has 0 bridgehead atoms. The number of ether oxygens (including phenoxy) is 1. The van der Waals surface area contributed by atoms with Crippen LogP contribution >= 0.6 is 0 Å². The predicted octanol–water partition coefficient (Wildman–Crippen LogP) is 3.31. The topological polar surface area (TPSA) is 29.5 Å². The zero-order chi connectivity index (χ0) is 16.4. The molecule has 23 heavy (non-hydrogen) atoms. The minimum Gasteiger partial charge on any atom is -0.380 e. The maximum absolute atomic E-state index is 13.9. The van der Waals surface area contributed by atoms with Crippen molar-refractivity contribution in [3.63, 3.8) is 0 Å². The Hall–Kier alpha value is -2.27. The van der Waals surface area contributed by atoms with E-state index in [1.807, 2.05) is 6.07 Å². The fourth-order valence-electron chi connectivity index (χ4n) is 2.91. The summed E-state index contributed by atoms with van der Waals surface area (Å²) in [5.74, 6) is -1.06. The predicted molar refractivity (Wildman–Crippen MR) is 82.0 cm³/mol. The normalized spacial score (nSPS) is 13.8. The lowest BCUT2D eigenvalue weighted by Crippen LogP contribution is -2.37. The lowest BCUT2D eigenvalue weighted by Gasteiger charge is -2.29.